The second kappa shape index (κ2) is 7.94. The number of carbonyl (C=O) groups is 2. The Balaban J connectivity index is 2.69. The zero-order chi connectivity index (χ0) is 15.8. The second-order valence-corrected chi connectivity index (χ2v) is 4.25. The molecule has 0 saturated heterocycles. The van der Waals surface area contributed by atoms with Crippen LogP contribution in [0.4, 0.5) is 8.78 Å². The summed E-state index contributed by atoms with van der Waals surface area (Å²) in [7, 11) is 1.16. The SMILES string of the molecule is COC(=O)[C@H](CCC#N)NC(=O)Cc1ccc(F)cc1F. The lowest BCUT2D eigenvalue weighted by molar-refractivity contribution is -0.145. The molecule has 0 aliphatic heterocycles. The monoisotopic (exact) mass is 296 g/mol. The van der Waals surface area contributed by atoms with Crippen molar-refractivity contribution in [2.24, 2.45) is 0 Å². The average Bonchev–Trinajstić information content (AvgIpc) is 2.45. The Morgan fingerprint density at radius 1 is 1.43 bits per heavy atom. The summed E-state index contributed by atoms with van der Waals surface area (Å²) in [5.74, 6) is -2.87. The minimum absolute atomic E-state index is 0.0119. The first kappa shape index (κ1) is 16.6. The third kappa shape index (κ3) is 5.18. The van der Waals surface area contributed by atoms with Gasteiger partial charge in [-0.15, -0.1) is 0 Å². The molecule has 0 bridgehead atoms. The molecule has 1 amide bonds. The molecule has 1 rings (SSSR count). The summed E-state index contributed by atoms with van der Waals surface area (Å²) in [6, 6.07) is 3.76. The highest BCUT2D eigenvalue weighted by Crippen LogP contribution is 2.10. The molecule has 0 aromatic heterocycles. The van der Waals surface area contributed by atoms with E-state index >= 15 is 0 Å². The Morgan fingerprint density at radius 3 is 2.71 bits per heavy atom. The van der Waals surface area contributed by atoms with Crippen LogP contribution < -0.4 is 5.32 Å². The van der Waals surface area contributed by atoms with E-state index in [0.717, 1.165) is 19.2 Å². The Labute approximate surface area is 120 Å². The van der Waals surface area contributed by atoms with Gasteiger partial charge in [-0.1, -0.05) is 6.07 Å². The van der Waals surface area contributed by atoms with Crippen LogP contribution in [0, 0.1) is 23.0 Å². The van der Waals surface area contributed by atoms with Crippen molar-refractivity contribution in [2.45, 2.75) is 25.3 Å². The molecule has 5 nitrogen and oxygen atoms in total. The molecular weight excluding hydrogens is 282 g/mol. The van der Waals surface area contributed by atoms with E-state index in [0.29, 0.717) is 6.07 Å². The van der Waals surface area contributed by atoms with Crippen molar-refractivity contribution in [1.29, 1.82) is 5.26 Å². The average molecular weight is 296 g/mol. The molecule has 0 heterocycles. The Morgan fingerprint density at radius 2 is 2.14 bits per heavy atom. The molecular formula is C14H14F2N2O3. The van der Waals surface area contributed by atoms with Crippen LogP contribution in [-0.4, -0.2) is 25.0 Å². The summed E-state index contributed by atoms with van der Waals surface area (Å²) >= 11 is 0. The van der Waals surface area contributed by atoms with Crippen molar-refractivity contribution < 1.29 is 23.1 Å². The van der Waals surface area contributed by atoms with E-state index in [1.165, 1.54) is 0 Å². The van der Waals surface area contributed by atoms with Gasteiger partial charge in [0, 0.05) is 12.5 Å². The van der Waals surface area contributed by atoms with E-state index in [1.807, 2.05) is 6.07 Å². The number of ether oxygens (including phenoxy) is 1. The summed E-state index contributed by atoms with van der Waals surface area (Å²) in [4.78, 5) is 23.2. The van der Waals surface area contributed by atoms with Gasteiger partial charge in [0.25, 0.3) is 0 Å². The molecule has 0 fully saturated rings. The summed E-state index contributed by atoms with van der Waals surface area (Å²) in [6.45, 7) is 0. The molecule has 0 saturated carbocycles. The number of halogens is 2. The van der Waals surface area contributed by atoms with Crippen molar-refractivity contribution >= 4 is 11.9 Å². The fourth-order valence-electron chi connectivity index (χ4n) is 1.68. The highest BCUT2D eigenvalue weighted by molar-refractivity contribution is 5.85. The van der Waals surface area contributed by atoms with Crippen LogP contribution in [0.2, 0.25) is 0 Å². The molecule has 0 unspecified atom stereocenters. The molecule has 21 heavy (non-hydrogen) atoms. The van der Waals surface area contributed by atoms with Crippen LogP contribution in [0.1, 0.15) is 18.4 Å². The summed E-state index contributed by atoms with van der Waals surface area (Å²) in [5, 5.41) is 10.9. The van der Waals surface area contributed by atoms with E-state index in [2.05, 4.69) is 10.1 Å². The molecule has 0 aliphatic rings. The van der Waals surface area contributed by atoms with Crippen LogP contribution in [0.15, 0.2) is 18.2 Å². The predicted molar refractivity (Wildman–Crippen MR) is 68.9 cm³/mol. The van der Waals surface area contributed by atoms with Gasteiger partial charge in [-0.3, -0.25) is 4.79 Å². The van der Waals surface area contributed by atoms with E-state index in [9.17, 15) is 18.4 Å². The van der Waals surface area contributed by atoms with Crippen molar-refractivity contribution in [2.75, 3.05) is 7.11 Å². The molecule has 112 valence electrons. The zero-order valence-electron chi connectivity index (χ0n) is 11.4. The number of nitrogens with one attached hydrogen (secondary N) is 1. The van der Waals surface area contributed by atoms with Gasteiger partial charge in [0.2, 0.25) is 5.91 Å². The fourth-order valence-corrected chi connectivity index (χ4v) is 1.68. The third-order valence-electron chi connectivity index (χ3n) is 2.73. The van der Waals surface area contributed by atoms with Gasteiger partial charge in [0.1, 0.15) is 17.7 Å². The highest BCUT2D eigenvalue weighted by atomic mass is 19.1. The van der Waals surface area contributed by atoms with Crippen LogP contribution >= 0.6 is 0 Å². The van der Waals surface area contributed by atoms with E-state index < -0.39 is 29.6 Å². The molecule has 1 atom stereocenters. The first-order chi connectivity index (χ1) is 9.97. The lowest BCUT2D eigenvalue weighted by atomic mass is 10.1. The third-order valence-corrected chi connectivity index (χ3v) is 2.73. The number of carbonyl (C=O) groups excluding carboxylic acids is 2. The van der Waals surface area contributed by atoms with E-state index in [1.54, 1.807) is 0 Å². The van der Waals surface area contributed by atoms with E-state index in [4.69, 9.17) is 5.26 Å². The largest absolute Gasteiger partial charge is 0.467 e. The summed E-state index contributed by atoms with van der Waals surface area (Å²) in [5.41, 5.74) is 0.0119. The first-order valence-corrected chi connectivity index (χ1v) is 6.16. The number of esters is 1. The number of hydrogen-bond donors (Lipinski definition) is 1. The maximum Gasteiger partial charge on any atom is 0.328 e. The topological polar surface area (TPSA) is 79.2 Å². The van der Waals surface area contributed by atoms with Gasteiger partial charge < -0.3 is 10.1 Å². The van der Waals surface area contributed by atoms with Crippen LogP contribution in [0.25, 0.3) is 0 Å². The van der Waals surface area contributed by atoms with Crippen molar-refractivity contribution in [3.05, 3.63) is 35.4 Å². The molecule has 1 N–H and O–H groups in total. The number of hydrogen-bond acceptors (Lipinski definition) is 4. The van der Waals surface area contributed by atoms with Crippen LogP contribution in [0.5, 0.6) is 0 Å². The van der Waals surface area contributed by atoms with Gasteiger partial charge in [-0.25, -0.2) is 13.6 Å². The maximum absolute atomic E-state index is 13.4. The number of rotatable bonds is 6. The summed E-state index contributed by atoms with van der Waals surface area (Å²) < 4.78 is 30.7. The van der Waals surface area contributed by atoms with Crippen LogP contribution in [0.3, 0.4) is 0 Å². The van der Waals surface area contributed by atoms with Crippen molar-refractivity contribution in [3.63, 3.8) is 0 Å². The van der Waals surface area contributed by atoms with Crippen molar-refractivity contribution in [1.82, 2.24) is 5.32 Å². The number of nitrogens with zero attached hydrogens (tertiary/aromatic N) is 1. The Kier molecular flexibility index (Phi) is 6.27. The number of nitriles is 1. The lowest BCUT2D eigenvalue weighted by Gasteiger charge is -2.15. The quantitative estimate of drug-likeness (QED) is 0.806. The standard InChI is InChI=1S/C14H14F2N2O3/c1-21-14(20)12(3-2-6-17)18-13(19)7-9-4-5-10(15)8-11(9)16/h4-5,8,12H,2-3,7H2,1H3,(H,18,19)/t12-/m0/s1. The van der Waals surface area contributed by atoms with Gasteiger partial charge in [-0.05, 0) is 18.1 Å². The van der Waals surface area contributed by atoms with Crippen molar-refractivity contribution in [3.8, 4) is 6.07 Å². The molecule has 0 radical (unpaired) electrons. The van der Waals surface area contributed by atoms with Gasteiger partial charge in [0.05, 0.1) is 19.6 Å². The lowest BCUT2D eigenvalue weighted by Crippen LogP contribution is -2.42. The highest BCUT2D eigenvalue weighted by Gasteiger charge is 2.21. The zero-order valence-corrected chi connectivity index (χ0v) is 11.4. The maximum atomic E-state index is 13.4. The molecule has 7 heteroatoms. The minimum atomic E-state index is -0.967. The second-order valence-electron chi connectivity index (χ2n) is 4.25. The number of benzene rings is 1. The van der Waals surface area contributed by atoms with Gasteiger partial charge >= 0.3 is 5.97 Å². The molecule has 0 spiro atoms. The Bertz CT molecular complexity index is 570. The fraction of sp³-hybridized carbons (Fsp3) is 0.357. The minimum Gasteiger partial charge on any atom is -0.467 e. The smallest absolute Gasteiger partial charge is 0.328 e. The number of amides is 1. The first-order valence-electron chi connectivity index (χ1n) is 6.16. The molecule has 0 aliphatic carbocycles. The van der Waals surface area contributed by atoms with E-state index in [-0.39, 0.29) is 24.8 Å². The normalized spacial score (nSPS) is 11.3. The summed E-state index contributed by atoms with van der Waals surface area (Å²) in [6.07, 6.45) is -0.183. The Hall–Kier alpha value is -2.49. The van der Waals surface area contributed by atoms with Gasteiger partial charge in [0.15, 0.2) is 0 Å². The molecule has 1 aromatic carbocycles. The predicted octanol–water partition coefficient (Wildman–Crippen LogP) is 1.47. The van der Waals surface area contributed by atoms with Gasteiger partial charge in [-0.2, -0.15) is 5.26 Å². The number of methoxy groups -OCH3 is 1. The molecule has 1 aromatic rings. The van der Waals surface area contributed by atoms with Crippen LogP contribution in [-0.2, 0) is 20.7 Å².